The SMILES string of the molecule is CCOc1cncc(-c2cnc(C(=O)NC(CCN(C)C3CCCCC3)c3cc(Cl)ccn3)s2)n1. The van der Waals surface area contributed by atoms with E-state index in [0.717, 1.165) is 23.5 Å². The van der Waals surface area contributed by atoms with Crippen molar-refractivity contribution >= 4 is 28.8 Å². The molecule has 4 rings (SSSR count). The van der Waals surface area contributed by atoms with Crippen LogP contribution in [-0.4, -0.2) is 57.0 Å². The van der Waals surface area contributed by atoms with Gasteiger partial charge in [-0.25, -0.2) is 9.97 Å². The van der Waals surface area contributed by atoms with Gasteiger partial charge in [-0.2, -0.15) is 0 Å². The molecule has 1 saturated carbocycles. The van der Waals surface area contributed by atoms with Crippen molar-refractivity contribution in [2.24, 2.45) is 0 Å². The largest absolute Gasteiger partial charge is 0.477 e. The van der Waals surface area contributed by atoms with E-state index in [9.17, 15) is 4.79 Å². The highest BCUT2D eigenvalue weighted by atomic mass is 35.5. The molecule has 1 atom stereocenters. The van der Waals surface area contributed by atoms with Crippen LogP contribution in [-0.2, 0) is 0 Å². The maximum atomic E-state index is 13.2. The Morgan fingerprint density at radius 1 is 1.26 bits per heavy atom. The van der Waals surface area contributed by atoms with E-state index in [1.807, 2.05) is 13.0 Å². The minimum Gasteiger partial charge on any atom is -0.477 e. The van der Waals surface area contributed by atoms with Gasteiger partial charge in [-0.1, -0.05) is 30.9 Å². The molecule has 0 radical (unpaired) electrons. The smallest absolute Gasteiger partial charge is 0.280 e. The quantitative estimate of drug-likeness (QED) is 0.398. The predicted molar refractivity (Wildman–Crippen MR) is 138 cm³/mol. The summed E-state index contributed by atoms with van der Waals surface area (Å²) in [4.78, 5) is 33.8. The van der Waals surface area contributed by atoms with Crippen LogP contribution in [0.25, 0.3) is 10.6 Å². The molecule has 35 heavy (non-hydrogen) atoms. The summed E-state index contributed by atoms with van der Waals surface area (Å²) in [6, 6.07) is 3.88. The number of hydrogen-bond acceptors (Lipinski definition) is 8. The van der Waals surface area contributed by atoms with Crippen LogP contribution in [0.3, 0.4) is 0 Å². The number of hydrogen-bond donors (Lipinski definition) is 1. The van der Waals surface area contributed by atoms with Crippen molar-refractivity contribution in [1.82, 2.24) is 30.2 Å². The Hall–Kier alpha value is -2.62. The first kappa shape index (κ1) is 25.5. The second-order valence-electron chi connectivity index (χ2n) is 8.69. The molecule has 186 valence electrons. The van der Waals surface area contributed by atoms with E-state index < -0.39 is 0 Å². The van der Waals surface area contributed by atoms with Crippen LogP contribution in [0.1, 0.15) is 67.0 Å². The highest BCUT2D eigenvalue weighted by molar-refractivity contribution is 7.16. The van der Waals surface area contributed by atoms with Gasteiger partial charge in [0.25, 0.3) is 5.91 Å². The van der Waals surface area contributed by atoms with Crippen LogP contribution in [0.2, 0.25) is 5.02 Å². The summed E-state index contributed by atoms with van der Waals surface area (Å²) in [5.41, 5.74) is 1.37. The number of rotatable bonds is 10. The van der Waals surface area contributed by atoms with E-state index in [2.05, 4.69) is 37.2 Å². The summed E-state index contributed by atoms with van der Waals surface area (Å²) >= 11 is 7.51. The van der Waals surface area contributed by atoms with Crippen molar-refractivity contribution in [1.29, 1.82) is 0 Å². The highest BCUT2D eigenvalue weighted by Gasteiger charge is 2.23. The molecule has 1 fully saturated rings. The second-order valence-corrected chi connectivity index (χ2v) is 10.2. The van der Waals surface area contributed by atoms with Gasteiger partial charge in [-0.3, -0.25) is 14.8 Å². The standard InChI is InChI=1S/C25H31ClN6O2S/c1-3-34-23-16-27-14-21(30-23)22-15-29-25(35-22)24(33)31-19(20-13-17(26)9-11-28-20)10-12-32(2)18-7-5-4-6-8-18/h9,11,13-16,18-19H,3-8,10,12H2,1-2H3,(H,31,33). The van der Waals surface area contributed by atoms with Crippen molar-refractivity contribution < 1.29 is 9.53 Å². The maximum absolute atomic E-state index is 13.2. The zero-order chi connectivity index (χ0) is 24.6. The van der Waals surface area contributed by atoms with Crippen LogP contribution in [0.4, 0.5) is 0 Å². The minimum atomic E-state index is -0.277. The number of aromatic nitrogens is 4. The Bertz CT molecular complexity index is 1120. The fraction of sp³-hybridized carbons (Fsp3) is 0.480. The lowest BCUT2D eigenvalue weighted by molar-refractivity contribution is 0.0927. The molecule has 1 aliphatic carbocycles. The molecule has 1 N–H and O–H groups in total. The summed E-state index contributed by atoms with van der Waals surface area (Å²) in [7, 11) is 2.17. The third kappa shape index (κ3) is 6.96. The number of nitrogens with zero attached hydrogens (tertiary/aromatic N) is 5. The fourth-order valence-corrected chi connectivity index (χ4v) is 5.29. The van der Waals surface area contributed by atoms with Crippen LogP contribution < -0.4 is 10.1 Å². The molecule has 1 unspecified atom stereocenters. The molecule has 10 heteroatoms. The molecule has 0 bridgehead atoms. The van der Waals surface area contributed by atoms with E-state index in [1.165, 1.54) is 43.4 Å². The number of carbonyl (C=O) groups is 1. The molecule has 0 saturated heterocycles. The van der Waals surface area contributed by atoms with E-state index in [1.54, 1.807) is 30.9 Å². The van der Waals surface area contributed by atoms with Crippen LogP contribution >= 0.6 is 22.9 Å². The summed E-state index contributed by atoms with van der Waals surface area (Å²) in [6.45, 7) is 3.25. The zero-order valence-corrected chi connectivity index (χ0v) is 21.7. The maximum Gasteiger partial charge on any atom is 0.280 e. The van der Waals surface area contributed by atoms with E-state index in [0.29, 0.717) is 34.3 Å². The Labute approximate surface area is 215 Å². The highest BCUT2D eigenvalue weighted by Crippen LogP contribution is 2.27. The van der Waals surface area contributed by atoms with E-state index in [4.69, 9.17) is 16.3 Å². The van der Waals surface area contributed by atoms with Crippen molar-refractivity contribution in [2.45, 2.75) is 57.5 Å². The third-order valence-corrected chi connectivity index (χ3v) is 7.48. The van der Waals surface area contributed by atoms with E-state index >= 15 is 0 Å². The lowest BCUT2D eigenvalue weighted by Crippen LogP contribution is -2.37. The van der Waals surface area contributed by atoms with Crippen molar-refractivity contribution in [2.75, 3.05) is 20.2 Å². The van der Waals surface area contributed by atoms with Gasteiger partial charge in [0.2, 0.25) is 5.88 Å². The summed E-state index contributed by atoms with van der Waals surface area (Å²) in [6.07, 6.45) is 13.6. The minimum absolute atomic E-state index is 0.248. The molecule has 3 aromatic heterocycles. The topological polar surface area (TPSA) is 93.1 Å². The van der Waals surface area contributed by atoms with Gasteiger partial charge in [0, 0.05) is 30.0 Å². The normalized spacial score (nSPS) is 15.2. The number of carbonyl (C=O) groups excluding carboxylic acids is 1. The van der Waals surface area contributed by atoms with E-state index in [-0.39, 0.29) is 11.9 Å². The van der Waals surface area contributed by atoms with Crippen LogP contribution in [0.5, 0.6) is 5.88 Å². The summed E-state index contributed by atoms with van der Waals surface area (Å²) in [5.74, 6) is 0.195. The molecule has 1 amide bonds. The molecule has 0 spiro atoms. The number of ether oxygens (including phenoxy) is 1. The summed E-state index contributed by atoms with van der Waals surface area (Å²) in [5, 5.41) is 4.09. The van der Waals surface area contributed by atoms with Crippen LogP contribution in [0, 0.1) is 0 Å². The Morgan fingerprint density at radius 3 is 2.86 bits per heavy atom. The molecule has 8 nitrogen and oxygen atoms in total. The molecule has 1 aliphatic rings. The first-order valence-electron chi connectivity index (χ1n) is 12.1. The van der Waals surface area contributed by atoms with Gasteiger partial charge < -0.3 is 15.0 Å². The average Bonchev–Trinajstić information content (AvgIpc) is 3.38. The molecule has 3 aromatic rings. The third-order valence-electron chi connectivity index (χ3n) is 6.23. The number of thiazole rings is 1. The molecule has 0 aliphatic heterocycles. The molecular formula is C25H31ClN6O2S. The van der Waals surface area contributed by atoms with Crippen LogP contribution in [0.15, 0.2) is 36.9 Å². The number of pyridine rings is 1. The number of halogens is 1. The average molecular weight is 515 g/mol. The van der Waals surface area contributed by atoms with Gasteiger partial charge >= 0.3 is 0 Å². The summed E-state index contributed by atoms with van der Waals surface area (Å²) < 4.78 is 5.43. The Kier molecular flexibility index (Phi) is 9.01. The lowest BCUT2D eigenvalue weighted by Gasteiger charge is -2.32. The van der Waals surface area contributed by atoms with Crippen molar-refractivity contribution in [3.63, 3.8) is 0 Å². The number of nitrogens with one attached hydrogen (secondary N) is 1. The zero-order valence-electron chi connectivity index (χ0n) is 20.1. The van der Waals surface area contributed by atoms with Gasteiger partial charge in [0.15, 0.2) is 5.01 Å². The van der Waals surface area contributed by atoms with Gasteiger partial charge in [-0.05, 0) is 45.4 Å². The van der Waals surface area contributed by atoms with Gasteiger partial charge in [-0.15, -0.1) is 11.3 Å². The fourth-order valence-electron chi connectivity index (χ4n) is 4.34. The Morgan fingerprint density at radius 2 is 2.09 bits per heavy atom. The Balaban J connectivity index is 1.46. The monoisotopic (exact) mass is 514 g/mol. The van der Waals surface area contributed by atoms with Gasteiger partial charge in [0.05, 0.1) is 35.6 Å². The first-order valence-corrected chi connectivity index (χ1v) is 13.3. The number of amides is 1. The van der Waals surface area contributed by atoms with Crippen molar-refractivity contribution in [3.05, 3.63) is 52.6 Å². The van der Waals surface area contributed by atoms with Crippen molar-refractivity contribution in [3.8, 4) is 16.5 Å². The molecule has 0 aromatic carbocycles. The molecular weight excluding hydrogens is 484 g/mol. The lowest BCUT2D eigenvalue weighted by atomic mass is 9.94. The second kappa shape index (κ2) is 12.4. The predicted octanol–water partition coefficient (Wildman–Crippen LogP) is 5.17. The molecule has 3 heterocycles. The first-order chi connectivity index (χ1) is 17.0. The van der Waals surface area contributed by atoms with Gasteiger partial charge in [0.1, 0.15) is 5.69 Å².